The van der Waals surface area contributed by atoms with E-state index >= 15 is 0 Å². The fourth-order valence-electron chi connectivity index (χ4n) is 0.782. The molecule has 0 aliphatic carbocycles. The second-order valence-electron chi connectivity index (χ2n) is 3.90. The zero-order valence-corrected chi connectivity index (χ0v) is 8.18. The molecule has 0 saturated carbocycles. The molecule has 0 heterocycles. The van der Waals surface area contributed by atoms with E-state index in [9.17, 15) is 0 Å². The predicted molar refractivity (Wildman–Crippen MR) is 49.7 cm³/mol. The lowest BCUT2D eigenvalue weighted by Gasteiger charge is -2.10. The second kappa shape index (κ2) is 5.36. The van der Waals surface area contributed by atoms with E-state index < -0.39 is 0 Å². The molecule has 0 atom stereocenters. The van der Waals surface area contributed by atoms with Gasteiger partial charge in [-0.05, 0) is 18.3 Å². The number of unbranched alkanes of at least 4 members (excludes halogenated alkanes) is 1. The molecule has 0 radical (unpaired) electrons. The highest BCUT2D eigenvalue weighted by atomic mass is 16.5. The summed E-state index contributed by atoms with van der Waals surface area (Å²) in [6.45, 7) is 7.49. The molecule has 0 aliphatic rings. The third-order valence-corrected chi connectivity index (χ3v) is 1.34. The van der Waals surface area contributed by atoms with Crippen LogP contribution in [0.25, 0.3) is 0 Å². The van der Waals surface area contributed by atoms with E-state index in [1.807, 2.05) is 0 Å². The van der Waals surface area contributed by atoms with Crippen LogP contribution in [0, 0.1) is 5.41 Å². The summed E-state index contributed by atoms with van der Waals surface area (Å²) >= 11 is 0. The zero-order valence-electron chi connectivity index (χ0n) is 8.18. The summed E-state index contributed by atoms with van der Waals surface area (Å²) in [7, 11) is 1.74. The Hall–Kier alpha value is -0.300. The zero-order chi connectivity index (χ0) is 8.74. The smallest absolute Gasteiger partial charge is 0.0465 e. The molecule has 66 valence electrons. The molecule has 0 saturated heterocycles. The van der Waals surface area contributed by atoms with Gasteiger partial charge in [-0.3, -0.25) is 0 Å². The Morgan fingerprint density at radius 1 is 1.27 bits per heavy atom. The number of methoxy groups -OCH3 is 1. The first kappa shape index (κ1) is 10.7. The van der Waals surface area contributed by atoms with Gasteiger partial charge < -0.3 is 4.74 Å². The highest BCUT2D eigenvalue weighted by Gasteiger charge is 2.02. The molecule has 0 amide bonds. The quantitative estimate of drug-likeness (QED) is 0.449. The SMILES string of the molecule is COCCCC=CC(C)(C)C. The minimum Gasteiger partial charge on any atom is -0.385 e. The highest BCUT2D eigenvalue weighted by Crippen LogP contribution is 2.14. The standard InChI is InChI=1S/C10H20O/c1-10(2,3)8-6-5-7-9-11-4/h6,8H,5,7,9H2,1-4H3. The maximum absolute atomic E-state index is 4.94. The Balaban J connectivity index is 3.30. The first-order valence-electron chi connectivity index (χ1n) is 4.23. The maximum atomic E-state index is 4.94. The van der Waals surface area contributed by atoms with Crippen molar-refractivity contribution in [2.24, 2.45) is 5.41 Å². The lowest BCUT2D eigenvalue weighted by Crippen LogP contribution is -1.98. The van der Waals surface area contributed by atoms with Crippen LogP contribution in [0.2, 0.25) is 0 Å². The fourth-order valence-corrected chi connectivity index (χ4v) is 0.782. The van der Waals surface area contributed by atoms with Crippen LogP contribution in [0.15, 0.2) is 12.2 Å². The van der Waals surface area contributed by atoms with Gasteiger partial charge in [0, 0.05) is 13.7 Å². The summed E-state index contributed by atoms with van der Waals surface area (Å²) in [4.78, 5) is 0. The highest BCUT2D eigenvalue weighted by molar-refractivity contribution is 4.91. The number of allylic oxidation sites excluding steroid dienone is 2. The molecule has 0 aliphatic heterocycles. The molecule has 0 unspecified atom stereocenters. The Morgan fingerprint density at radius 2 is 1.91 bits per heavy atom. The summed E-state index contributed by atoms with van der Waals surface area (Å²) in [5.41, 5.74) is 0.326. The molecule has 0 rings (SSSR count). The van der Waals surface area contributed by atoms with Crippen LogP contribution < -0.4 is 0 Å². The Bertz CT molecular complexity index is 109. The average molecular weight is 156 g/mol. The van der Waals surface area contributed by atoms with Gasteiger partial charge in [0.25, 0.3) is 0 Å². The summed E-state index contributed by atoms with van der Waals surface area (Å²) in [6.07, 6.45) is 6.75. The van der Waals surface area contributed by atoms with E-state index in [0.717, 1.165) is 19.4 Å². The molecule has 11 heavy (non-hydrogen) atoms. The number of ether oxygens (including phenoxy) is 1. The van der Waals surface area contributed by atoms with Crippen LogP contribution in [-0.2, 0) is 4.74 Å². The summed E-state index contributed by atoms with van der Waals surface area (Å²) in [5, 5.41) is 0. The molecule has 0 fully saturated rings. The molecule has 0 aromatic rings. The Kier molecular flexibility index (Phi) is 5.22. The molecule has 0 aromatic heterocycles. The first-order valence-corrected chi connectivity index (χ1v) is 4.23. The summed E-state index contributed by atoms with van der Waals surface area (Å²) in [6, 6.07) is 0. The third-order valence-electron chi connectivity index (χ3n) is 1.34. The molecule has 0 N–H and O–H groups in total. The van der Waals surface area contributed by atoms with Crippen molar-refractivity contribution in [2.45, 2.75) is 33.6 Å². The van der Waals surface area contributed by atoms with Crippen molar-refractivity contribution in [2.75, 3.05) is 13.7 Å². The van der Waals surface area contributed by atoms with Crippen LogP contribution in [0.1, 0.15) is 33.6 Å². The van der Waals surface area contributed by atoms with E-state index in [1.54, 1.807) is 7.11 Å². The van der Waals surface area contributed by atoms with E-state index in [4.69, 9.17) is 4.74 Å². The van der Waals surface area contributed by atoms with Gasteiger partial charge in [0.15, 0.2) is 0 Å². The number of hydrogen-bond donors (Lipinski definition) is 0. The minimum atomic E-state index is 0.326. The average Bonchev–Trinajstić information content (AvgIpc) is 1.85. The topological polar surface area (TPSA) is 9.23 Å². The van der Waals surface area contributed by atoms with Gasteiger partial charge in [0.2, 0.25) is 0 Å². The van der Waals surface area contributed by atoms with Crippen molar-refractivity contribution in [1.82, 2.24) is 0 Å². The predicted octanol–water partition coefficient (Wildman–Crippen LogP) is 3.02. The van der Waals surface area contributed by atoms with Crippen molar-refractivity contribution in [3.63, 3.8) is 0 Å². The van der Waals surface area contributed by atoms with Crippen molar-refractivity contribution in [1.29, 1.82) is 0 Å². The van der Waals surface area contributed by atoms with E-state index in [0.29, 0.717) is 5.41 Å². The van der Waals surface area contributed by atoms with Crippen LogP contribution in [0.5, 0.6) is 0 Å². The molecular formula is C10H20O. The maximum Gasteiger partial charge on any atom is 0.0465 e. The lowest BCUT2D eigenvalue weighted by molar-refractivity contribution is 0.195. The van der Waals surface area contributed by atoms with Crippen molar-refractivity contribution < 1.29 is 4.74 Å². The third kappa shape index (κ3) is 9.70. The largest absolute Gasteiger partial charge is 0.385 e. The molecule has 0 bridgehead atoms. The normalized spacial score (nSPS) is 12.7. The monoisotopic (exact) mass is 156 g/mol. The number of rotatable bonds is 4. The molecule has 1 heteroatoms. The Labute approximate surface area is 70.4 Å². The lowest BCUT2D eigenvalue weighted by atomic mass is 9.96. The summed E-state index contributed by atoms with van der Waals surface area (Å²) in [5.74, 6) is 0. The van der Waals surface area contributed by atoms with Gasteiger partial charge in [0.1, 0.15) is 0 Å². The van der Waals surface area contributed by atoms with Gasteiger partial charge in [-0.2, -0.15) is 0 Å². The van der Waals surface area contributed by atoms with Crippen LogP contribution in [-0.4, -0.2) is 13.7 Å². The molecule has 1 nitrogen and oxygen atoms in total. The summed E-state index contributed by atoms with van der Waals surface area (Å²) < 4.78 is 4.94. The van der Waals surface area contributed by atoms with Gasteiger partial charge in [-0.25, -0.2) is 0 Å². The van der Waals surface area contributed by atoms with Crippen LogP contribution in [0.4, 0.5) is 0 Å². The van der Waals surface area contributed by atoms with E-state index in [2.05, 4.69) is 32.9 Å². The van der Waals surface area contributed by atoms with Gasteiger partial charge in [0.05, 0.1) is 0 Å². The van der Waals surface area contributed by atoms with E-state index in [1.165, 1.54) is 0 Å². The number of hydrogen-bond acceptors (Lipinski definition) is 1. The van der Waals surface area contributed by atoms with Crippen molar-refractivity contribution in [3.05, 3.63) is 12.2 Å². The Morgan fingerprint density at radius 3 is 2.36 bits per heavy atom. The van der Waals surface area contributed by atoms with Crippen LogP contribution in [0.3, 0.4) is 0 Å². The minimum absolute atomic E-state index is 0.326. The van der Waals surface area contributed by atoms with Crippen molar-refractivity contribution >= 4 is 0 Å². The van der Waals surface area contributed by atoms with Gasteiger partial charge >= 0.3 is 0 Å². The van der Waals surface area contributed by atoms with Gasteiger partial charge in [-0.15, -0.1) is 0 Å². The molecule has 0 spiro atoms. The van der Waals surface area contributed by atoms with E-state index in [-0.39, 0.29) is 0 Å². The fraction of sp³-hybridized carbons (Fsp3) is 0.800. The second-order valence-corrected chi connectivity index (χ2v) is 3.90. The van der Waals surface area contributed by atoms with Gasteiger partial charge in [-0.1, -0.05) is 32.9 Å². The molecule has 0 aromatic carbocycles. The van der Waals surface area contributed by atoms with Crippen LogP contribution >= 0.6 is 0 Å². The first-order chi connectivity index (χ1) is 5.06. The van der Waals surface area contributed by atoms with Crippen molar-refractivity contribution in [3.8, 4) is 0 Å². The molecular weight excluding hydrogens is 136 g/mol.